The van der Waals surface area contributed by atoms with E-state index in [1.807, 2.05) is 18.2 Å². The lowest BCUT2D eigenvalue weighted by Crippen LogP contribution is -1.77. The number of rotatable bonds is 1. The molecule has 1 aromatic heterocycles. The Labute approximate surface area is 76.9 Å². The predicted octanol–water partition coefficient (Wildman–Crippen LogP) is 2.79. The summed E-state index contributed by atoms with van der Waals surface area (Å²) in [6.45, 7) is -0.507. The molecular weight excluding hydrogens is 223 g/mol. The summed E-state index contributed by atoms with van der Waals surface area (Å²) in [5, 5.41) is 7.43. The van der Waals surface area contributed by atoms with Crippen molar-refractivity contribution in [1.82, 2.24) is 10.2 Å². The lowest BCUT2D eigenvalue weighted by atomic mass is 10.2. The minimum Gasteiger partial charge on any atom is -0.279 e. The largest absolute Gasteiger partial charge is 0.279 e. The van der Waals surface area contributed by atoms with Crippen molar-refractivity contribution in [2.75, 3.05) is 0 Å². The van der Waals surface area contributed by atoms with Crippen LogP contribution in [0, 0.1) is 0 Å². The second-order valence-electron chi connectivity index (χ2n) is 2.50. The van der Waals surface area contributed by atoms with Gasteiger partial charge in [-0.05, 0) is 18.2 Å². The van der Waals surface area contributed by atoms with Crippen molar-refractivity contribution in [3.63, 3.8) is 0 Å². The SMILES string of the molecule is FCc1[nH]nc2ccc(Br)cc12. The number of H-pyrrole nitrogens is 1. The van der Waals surface area contributed by atoms with Crippen molar-refractivity contribution in [2.24, 2.45) is 0 Å². The standard InChI is InChI=1S/C8H6BrFN2/c9-5-1-2-7-6(3-5)8(4-10)12-11-7/h1-3H,4H2,(H,11,12). The Morgan fingerprint density at radius 3 is 3.08 bits per heavy atom. The molecule has 0 unspecified atom stereocenters. The molecule has 0 spiro atoms. The van der Waals surface area contributed by atoms with E-state index in [1.54, 1.807) is 0 Å². The molecule has 0 amide bonds. The van der Waals surface area contributed by atoms with Gasteiger partial charge in [-0.2, -0.15) is 5.10 Å². The number of aromatic amines is 1. The predicted molar refractivity (Wildman–Crippen MR) is 48.6 cm³/mol. The number of hydrogen-bond donors (Lipinski definition) is 1. The number of benzene rings is 1. The van der Waals surface area contributed by atoms with Crippen molar-refractivity contribution in [3.8, 4) is 0 Å². The Bertz CT molecular complexity index is 410. The van der Waals surface area contributed by atoms with E-state index in [1.165, 1.54) is 0 Å². The summed E-state index contributed by atoms with van der Waals surface area (Å²) in [6.07, 6.45) is 0. The van der Waals surface area contributed by atoms with Crippen molar-refractivity contribution in [1.29, 1.82) is 0 Å². The highest BCUT2D eigenvalue weighted by molar-refractivity contribution is 9.10. The van der Waals surface area contributed by atoms with Gasteiger partial charge >= 0.3 is 0 Å². The van der Waals surface area contributed by atoms with Gasteiger partial charge in [0.25, 0.3) is 0 Å². The first-order valence-electron chi connectivity index (χ1n) is 3.50. The molecule has 2 rings (SSSR count). The summed E-state index contributed by atoms with van der Waals surface area (Å²) in [7, 11) is 0. The van der Waals surface area contributed by atoms with Crippen molar-refractivity contribution in [3.05, 3.63) is 28.4 Å². The van der Waals surface area contributed by atoms with E-state index < -0.39 is 6.67 Å². The van der Waals surface area contributed by atoms with E-state index in [9.17, 15) is 4.39 Å². The summed E-state index contributed by atoms with van der Waals surface area (Å²) in [6, 6.07) is 5.58. The van der Waals surface area contributed by atoms with Crippen LogP contribution < -0.4 is 0 Å². The van der Waals surface area contributed by atoms with Crippen LogP contribution in [0.2, 0.25) is 0 Å². The van der Waals surface area contributed by atoms with Crippen LogP contribution in [0.25, 0.3) is 10.9 Å². The molecular formula is C8H6BrFN2. The molecule has 0 fully saturated rings. The van der Waals surface area contributed by atoms with Gasteiger partial charge in [-0.1, -0.05) is 15.9 Å². The molecule has 2 nitrogen and oxygen atoms in total. The zero-order valence-corrected chi connectivity index (χ0v) is 7.73. The molecule has 1 heterocycles. The lowest BCUT2D eigenvalue weighted by molar-refractivity contribution is 0.477. The first-order chi connectivity index (χ1) is 5.81. The monoisotopic (exact) mass is 228 g/mol. The van der Waals surface area contributed by atoms with Crippen LogP contribution >= 0.6 is 15.9 Å². The van der Waals surface area contributed by atoms with Gasteiger partial charge in [-0.25, -0.2) is 4.39 Å². The summed E-state index contributed by atoms with van der Waals surface area (Å²) in [5.41, 5.74) is 1.33. The van der Waals surface area contributed by atoms with Gasteiger partial charge in [0.1, 0.15) is 6.67 Å². The molecule has 0 aliphatic rings. The van der Waals surface area contributed by atoms with E-state index in [2.05, 4.69) is 26.1 Å². The smallest absolute Gasteiger partial charge is 0.131 e. The number of alkyl halides is 1. The molecule has 0 aliphatic heterocycles. The minimum atomic E-state index is -0.507. The molecule has 4 heteroatoms. The second-order valence-corrected chi connectivity index (χ2v) is 3.41. The average molecular weight is 229 g/mol. The van der Waals surface area contributed by atoms with Crippen LogP contribution in [-0.2, 0) is 6.67 Å². The molecule has 12 heavy (non-hydrogen) atoms. The highest BCUT2D eigenvalue weighted by Gasteiger charge is 2.03. The molecule has 0 saturated carbocycles. The molecule has 0 aliphatic carbocycles. The number of nitrogens with zero attached hydrogens (tertiary/aromatic N) is 1. The Kier molecular flexibility index (Phi) is 1.84. The van der Waals surface area contributed by atoms with Crippen LogP contribution in [0.4, 0.5) is 4.39 Å². The Balaban J connectivity index is 2.75. The summed E-state index contributed by atoms with van der Waals surface area (Å²) in [4.78, 5) is 0. The molecule has 2 aromatic rings. The molecule has 1 aromatic carbocycles. The number of aromatic nitrogens is 2. The molecule has 0 atom stereocenters. The first-order valence-corrected chi connectivity index (χ1v) is 4.29. The van der Waals surface area contributed by atoms with Gasteiger partial charge in [-0.3, -0.25) is 5.10 Å². The first kappa shape index (κ1) is 7.73. The van der Waals surface area contributed by atoms with Crippen molar-refractivity contribution < 1.29 is 4.39 Å². The van der Waals surface area contributed by atoms with Gasteiger partial charge < -0.3 is 0 Å². The maximum Gasteiger partial charge on any atom is 0.131 e. The van der Waals surface area contributed by atoms with Gasteiger partial charge in [0.05, 0.1) is 11.2 Å². The Morgan fingerprint density at radius 2 is 2.33 bits per heavy atom. The molecule has 0 bridgehead atoms. The number of hydrogen-bond acceptors (Lipinski definition) is 1. The van der Waals surface area contributed by atoms with Gasteiger partial charge in [0.15, 0.2) is 0 Å². The molecule has 0 saturated heterocycles. The highest BCUT2D eigenvalue weighted by atomic mass is 79.9. The van der Waals surface area contributed by atoms with Crippen LogP contribution in [0.5, 0.6) is 0 Å². The maximum absolute atomic E-state index is 12.3. The third kappa shape index (κ3) is 1.12. The Hall–Kier alpha value is -0.900. The van der Waals surface area contributed by atoms with E-state index in [0.29, 0.717) is 5.69 Å². The number of fused-ring (bicyclic) bond motifs is 1. The van der Waals surface area contributed by atoms with Crippen LogP contribution in [0.3, 0.4) is 0 Å². The zero-order valence-electron chi connectivity index (χ0n) is 6.14. The van der Waals surface area contributed by atoms with Crippen LogP contribution in [0.15, 0.2) is 22.7 Å². The molecule has 62 valence electrons. The third-order valence-electron chi connectivity index (χ3n) is 1.73. The van der Waals surface area contributed by atoms with Crippen LogP contribution in [0.1, 0.15) is 5.69 Å². The topological polar surface area (TPSA) is 28.7 Å². The number of halogens is 2. The van der Waals surface area contributed by atoms with Crippen molar-refractivity contribution >= 4 is 26.8 Å². The summed E-state index contributed by atoms with van der Waals surface area (Å²) < 4.78 is 13.3. The third-order valence-corrected chi connectivity index (χ3v) is 2.22. The maximum atomic E-state index is 12.3. The van der Waals surface area contributed by atoms with Crippen LogP contribution in [-0.4, -0.2) is 10.2 Å². The fourth-order valence-corrected chi connectivity index (χ4v) is 1.50. The second kappa shape index (κ2) is 2.86. The normalized spacial score (nSPS) is 10.8. The quantitative estimate of drug-likeness (QED) is 0.800. The number of nitrogens with one attached hydrogen (secondary N) is 1. The van der Waals surface area contributed by atoms with E-state index in [0.717, 1.165) is 15.4 Å². The Morgan fingerprint density at radius 1 is 1.50 bits per heavy atom. The van der Waals surface area contributed by atoms with E-state index in [-0.39, 0.29) is 0 Å². The average Bonchev–Trinajstić information content (AvgIpc) is 2.46. The fraction of sp³-hybridized carbons (Fsp3) is 0.125. The molecule has 1 N–H and O–H groups in total. The molecule has 0 radical (unpaired) electrons. The van der Waals surface area contributed by atoms with Gasteiger partial charge in [0.2, 0.25) is 0 Å². The highest BCUT2D eigenvalue weighted by Crippen LogP contribution is 2.21. The van der Waals surface area contributed by atoms with Gasteiger partial charge in [0, 0.05) is 9.86 Å². The lowest BCUT2D eigenvalue weighted by Gasteiger charge is -1.91. The van der Waals surface area contributed by atoms with E-state index >= 15 is 0 Å². The summed E-state index contributed by atoms with van der Waals surface area (Å²) >= 11 is 3.32. The van der Waals surface area contributed by atoms with Crippen molar-refractivity contribution in [2.45, 2.75) is 6.67 Å². The fourth-order valence-electron chi connectivity index (χ4n) is 1.14. The summed E-state index contributed by atoms with van der Waals surface area (Å²) in [5.74, 6) is 0. The minimum absolute atomic E-state index is 0.507. The van der Waals surface area contributed by atoms with E-state index in [4.69, 9.17) is 0 Å². The van der Waals surface area contributed by atoms with Gasteiger partial charge in [-0.15, -0.1) is 0 Å². The zero-order chi connectivity index (χ0) is 8.55.